The number of nitrogens with zero attached hydrogens (tertiary/aromatic N) is 1. The van der Waals surface area contributed by atoms with Gasteiger partial charge in [0.2, 0.25) is 0 Å². The summed E-state index contributed by atoms with van der Waals surface area (Å²) >= 11 is 5.52. The molecule has 1 aliphatic carbocycles. The van der Waals surface area contributed by atoms with Crippen molar-refractivity contribution in [3.05, 3.63) is 24.3 Å². The molecule has 4 nitrogen and oxygen atoms in total. The highest BCUT2D eigenvalue weighted by Crippen LogP contribution is 2.30. The number of likely N-dealkylation sites (N-methyl/N-ethyl adjacent to an activating group) is 1. The summed E-state index contributed by atoms with van der Waals surface area (Å²) in [5, 5.41) is 4.30. The number of hydrogen-bond acceptors (Lipinski definition) is 3. The molecular formula is C17H24N2O2S. The van der Waals surface area contributed by atoms with Gasteiger partial charge in [0.05, 0.1) is 6.54 Å². The third-order valence-corrected chi connectivity index (χ3v) is 4.75. The zero-order valence-electron chi connectivity index (χ0n) is 13.1. The molecule has 3 rings (SSSR count). The SMILES string of the molecule is CN(C[C@@H]1COc2ccccc2O1)C(=S)NC1CCCCC1. The number of benzene rings is 1. The zero-order chi connectivity index (χ0) is 15.4. The lowest BCUT2D eigenvalue weighted by Crippen LogP contribution is -2.48. The number of nitrogens with one attached hydrogen (secondary N) is 1. The molecule has 0 aromatic heterocycles. The first-order chi connectivity index (χ1) is 10.7. The van der Waals surface area contributed by atoms with Crippen molar-refractivity contribution in [3.63, 3.8) is 0 Å². The molecule has 1 fully saturated rings. The fourth-order valence-electron chi connectivity index (χ4n) is 3.07. The van der Waals surface area contributed by atoms with Gasteiger partial charge in [0.15, 0.2) is 22.7 Å². The summed E-state index contributed by atoms with van der Waals surface area (Å²) in [4.78, 5) is 2.06. The highest BCUT2D eigenvalue weighted by Gasteiger charge is 2.23. The molecule has 1 aliphatic heterocycles. The lowest BCUT2D eigenvalue weighted by molar-refractivity contribution is 0.0777. The number of fused-ring (bicyclic) bond motifs is 1. The van der Waals surface area contributed by atoms with E-state index < -0.39 is 0 Å². The monoisotopic (exact) mass is 320 g/mol. The Hall–Kier alpha value is -1.49. The third-order valence-electron chi connectivity index (χ3n) is 4.32. The van der Waals surface area contributed by atoms with Gasteiger partial charge >= 0.3 is 0 Å². The summed E-state index contributed by atoms with van der Waals surface area (Å²) in [5.41, 5.74) is 0. The van der Waals surface area contributed by atoms with Gasteiger partial charge in [0.1, 0.15) is 6.61 Å². The average molecular weight is 320 g/mol. The molecule has 1 atom stereocenters. The van der Waals surface area contributed by atoms with Crippen LogP contribution in [0.15, 0.2) is 24.3 Å². The van der Waals surface area contributed by atoms with E-state index >= 15 is 0 Å². The van der Waals surface area contributed by atoms with Gasteiger partial charge in [-0.05, 0) is 37.2 Å². The van der Waals surface area contributed by atoms with Crippen LogP contribution in [-0.4, -0.2) is 42.4 Å². The van der Waals surface area contributed by atoms with Crippen LogP contribution in [0.5, 0.6) is 11.5 Å². The summed E-state index contributed by atoms with van der Waals surface area (Å²) in [6.07, 6.45) is 6.43. The second kappa shape index (κ2) is 7.18. The molecule has 1 aromatic carbocycles. The predicted octanol–water partition coefficient (Wildman–Crippen LogP) is 2.97. The molecule has 120 valence electrons. The summed E-state index contributed by atoms with van der Waals surface area (Å²) in [6, 6.07) is 8.33. The zero-order valence-corrected chi connectivity index (χ0v) is 13.9. The van der Waals surface area contributed by atoms with Crippen molar-refractivity contribution in [2.24, 2.45) is 0 Å². The van der Waals surface area contributed by atoms with Gasteiger partial charge in [-0.2, -0.15) is 0 Å². The highest BCUT2D eigenvalue weighted by atomic mass is 32.1. The Morgan fingerprint density at radius 3 is 2.73 bits per heavy atom. The molecule has 0 spiro atoms. The number of ether oxygens (including phenoxy) is 2. The molecule has 5 heteroatoms. The van der Waals surface area contributed by atoms with E-state index in [9.17, 15) is 0 Å². The minimum atomic E-state index is 0.00556. The lowest BCUT2D eigenvalue weighted by atomic mass is 9.96. The first kappa shape index (κ1) is 15.4. The fourth-order valence-corrected chi connectivity index (χ4v) is 3.31. The second-order valence-corrected chi connectivity index (χ2v) is 6.55. The molecule has 22 heavy (non-hydrogen) atoms. The maximum atomic E-state index is 5.99. The Morgan fingerprint density at radius 2 is 1.95 bits per heavy atom. The fraction of sp³-hybridized carbons (Fsp3) is 0.588. The Balaban J connectivity index is 1.49. The van der Waals surface area contributed by atoms with Crippen molar-refractivity contribution in [1.82, 2.24) is 10.2 Å². The van der Waals surface area contributed by atoms with E-state index in [-0.39, 0.29) is 6.10 Å². The van der Waals surface area contributed by atoms with Crippen molar-refractivity contribution < 1.29 is 9.47 Å². The van der Waals surface area contributed by atoms with Crippen LogP contribution in [0, 0.1) is 0 Å². The molecule has 0 amide bonds. The maximum absolute atomic E-state index is 5.99. The van der Waals surface area contributed by atoms with Crippen molar-refractivity contribution in [2.75, 3.05) is 20.2 Å². The normalized spacial score (nSPS) is 21.2. The molecule has 0 unspecified atom stereocenters. The van der Waals surface area contributed by atoms with Crippen LogP contribution in [0.1, 0.15) is 32.1 Å². The Bertz CT molecular complexity index is 517. The first-order valence-electron chi connectivity index (χ1n) is 8.12. The van der Waals surface area contributed by atoms with E-state index in [2.05, 4.69) is 10.2 Å². The highest BCUT2D eigenvalue weighted by molar-refractivity contribution is 7.80. The molecule has 1 N–H and O–H groups in total. The van der Waals surface area contributed by atoms with Gasteiger partial charge in [-0.15, -0.1) is 0 Å². The molecule has 2 aliphatic rings. The van der Waals surface area contributed by atoms with Crippen molar-refractivity contribution >= 4 is 17.3 Å². The largest absolute Gasteiger partial charge is 0.486 e. The van der Waals surface area contributed by atoms with Crippen LogP contribution in [0.2, 0.25) is 0 Å². The molecule has 1 saturated carbocycles. The van der Waals surface area contributed by atoms with Gasteiger partial charge in [-0.3, -0.25) is 0 Å². The number of para-hydroxylation sites is 2. The van der Waals surface area contributed by atoms with Gasteiger partial charge in [0, 0.05) is 13.1 Å². The Labute approximate surface area is 137 Å². The van der Waals surface area contributed by atoms with E-state index in [0.717, 1.165) is 23.2 Å². The third kappa shape index (κ3) is 3.83. The van der Waals surface area contributed by atoms with Crippen LogP contribution >= 0.6 is 12.2 Å². The van der Waals surface area contributed by atoms with Crippen LogP contribution in [0.25, 0.3) is 0 Å². The summed E-state index contributed by atoms with van der Waals surface area (Å²) in [5.74, 6) is 1.64. The Kier molecular flexibility index (Phi) is 5.03. The van der Waals surface area contributed by atoms with Crippen LogP contribution in [-0.2, 0) is 0 Å². The number of rotatable bonds is 3. The molecule has 0 saturated heterocycles. The Morgan fingerprint density at radius 1 is 1.23 bits per heavy atom. The molecule has 1 aromatic rings. The average Bonchev–Trinajstić information content (AvgIpc) is 2.55. The van der Waals surface area contributed by atoms with E-state index in [0.29, 0.717) is 12.6 Å². The predicted molar refractivity (Wildman–Crippen MR) is 91.6 cm³/mol. The number of thiocarbonyl (C=S) groups is 1. The van der Waals surface area contributed by atoms with E-state index in [1.54, 1.807) is 0 Å². The minimum Gasteiger partial charge on any atom is -0.486 e. The van der Waals surface area contributed by atoms with E-state index in [1.807, 2.05) is 31.3 Å². The first-order valence-corrected chi connectivity index (χ1v) is 8.53. The van der Waals surface area contributed by atoms with Gasteiger partial charge in [0.25, 0.3) is 0 Å². The summed E-state index contributed by atoms with van der Waals surface area (Å²) in [7, 11) is 2.02. The van der Waals surface area contributed by atoms with Crippen LogP contribution in [0.3, 0.4) is 0 Å². The smallest absolute Gasteiger partial charge is 0.169 e. The van der Waals surface area contributed by atoms with Crippen molar-refractivity contribution in [2.45, 2.75) is 44.2 Å². The van der Waals surface area contributed by atoms with Gasteiger partial charge < -0.3 is 19.7 Å². The summed E-state index contributed by atoms with van der Waals surface area (Å²) in [6.45, 7) is 1.29. The molecular weight excluding hydrogens is 296 g/mol. The second-order valence-electron chi connectivity index (χ2n) is 6.16. The van der Waals surface area contributed by atoms with E-state index in [1.165, 1.54) is 32.1 Å². The standard InChI is InChI=1S/C17H24N2O2S/c1-19(17(22)18-13-7-3-2-4-8-13)11-14-12-20-15-9-5-6-10-16(15)21-14/h5-6,9-10,13-14H,2-4,7-8,11-12H2,1H3,(H,18,22)/t14-/m1/s1. The minimum absolute atomic E-state index is 0.00556. The van der Waals surface area contributed by atoms with Gasteiger partial charge in [-0.1, -0.05) is 31.4 Å². The van der Waals surface area contributed by atoms with E-state index in [4.69, 9.17) is 21.7 Å². The van der Waals surface area contributed by atoms with Crippen molar-refractivity contribution in [3.8, 4) is 11.5 Å². The quantitative estimate of drug-likeness (QED) is 0.866. The molecule has 0 radical (unpaired) electrons. The summed E-state index contributed by atoms with van der Waals surface area (Å²) < 4.78 is 11.7. The maximum Gasteiger partial charge on any atom is 0.169 e. The lowest BCUT2D eigenvalue weighted by Gasteiger charge is -2.32. The topological polar surface area (TPSA) is 33.7 Å². The van der Waals surface area contributed by atoms with Crippen molar-refractivity contribution in [1.29, 1.82) is 0 Å². The number of hydrogen-bond donors (Lipinski definition) is 1. The van der Waals surface area contributed by atoms with Crippen LogP contribution < -0.4 is 14.8 Å². The van der Waals surface area contributed by atoms with Crippen LogP contribution in [0.4, 0.5) is 0 Å². The van der Waals surface area contributed by atoms with Gasteiger partial charge in [-0.25, -0.2) is 0 Å². The molecule has 1 heterocycles. The molecule has 0 bridgehead atoms.